The average Bonchev–Trinajstić information content (AvgIpc) is 2.79. The maximum Gasteiger partial charge on any atom is 0.335 e. The number of rotatable bonds is 10. The lowest BCUT2D eigenvalue weighted by Crippen LogP contribution is -2.54. The number of carbonyl (C=O) groups is 3. The summed E-state index contributed by atoms with van der Waals surface area (Å²) < 4.78 is 16.9. The van der Waals surface area contributed by atoms with Crippen molar-refractivity contribution in [1.82, 2.24) is 5.32 Å². The van der Waals surface area contributed by atoms with Gasteiger partial charge in [0.1, 0.15) is 11.3 Å². The van der Waals surface area contributed by atoms with Crippen LogP contribution in [-0.4, -0.2) is 37.7 Å². The topological polar surface area (TPSA) is 94.2 Å². The Kier molecular flexibility index (Phi) is 8.07. The molecule has 1 fully saturated rings. The minimum Gasteiger partial charge on any atom is -0.494 e. The molecule has 3 rings (SSSR count). The minimum absolute atomic E-state index is 0.161. The second-order valence-electron chi connectivity index (χ2n) is 7.23. The van der Waals surface area contributed by atoms with Crippen LogP contribution in [0.15, 0.2) is 48.0 Å². The fourth-order valence-corrected chi connectivity index (χ4v) is 3.25. The number of barbiturate groups is 1. The highest BCUT2D eigenvalue weighted by Crippen LogP contribution is 2.30. The molecule has 8 heteroatoms. The molecule has 1 saturated heterocycles. The fourth-order valence-electron chi connectivity index (χ4n) is 3.25. The molecule has 2 aromatic rings. The van der Waals surface area contributed by atoms with Gasteiger partial charge in [-0.2, -0.15) is 0 Å². The zero-order chi connectivity index (χ0) is 23.8. The van der Waals surface area contributed by atoms with Crippen LogP contribution in [0.4, 0.5) is 10.5 Å². The highest BCUT2D eigenvalue weighted by atomic mass is 16.5. The van der Waals surface area contributed by atoms with Gasteiger partial charge in [-0.05, 0) is 68.3 Å². The van der Waals surface area contributed by atoms with Gasteiger partial charge in [0, 0.05) is 0 Å². The van der Waals surface area contributed by atoms with E-state index in [1.807, 2.05) is 13.8 Å². The molecule has 0 aliphatic carbocycles. The highest BCUT2D eigenvalue weighted by molar-refractivity contribution is 6.39. The van der Waals surface area contributed by atoms with Crippen molar-refractivity contribution in [3.63, 3.8) is 0 Å². The first-order valence-corrected chi connectivity index (χ1v) is 11.0. The number of hydrogen-bond acceptors (Lipinski definition) is 6. The number of anilines is 1. The van der Waals surface area contributed by atoms with Crippen LogP contribution >= 0.6 is 0 Å². The van der Waals surface area contributed by atoms with Gasteiger partial charge >= 0.3 is 6.03 Å². The summed E-state index contributed by atoms with van der Waals surface area (Å²) in [6, 6.07) is 10.9. The van der Waals surface area contributed by atoms with Gasteiger partial charge in [-0.1, -0.05) is 19.4 Å². The maximum atomic E-state index is 13.1. The second-order valence-corrected chi connectivity index (χ2v) is 7.23. The number of carbonyl (C=O) groups excluding carboxylic acids is 3. The van der Waals surface area contributed by atoms with E-state index in [9.17, 15) is 14.4 Å². The molecule has 2 aromatic carbocycles. The largest absolute Gasteiger partial charge is 0.494 e. The van der Waals surface area contributed by atoms with Crippen molar-refractivity contribution in [1.29, 1.82) is 0 Å². The molecule has 0 saturated carbocycles. The number of unbranched alkanes of at least 4 members (excludes halogenated alkanes) is 1. The van der Waals surface area contributed by atoms with E-state index in [1.165, 1.54) is 6.08 Å². The fraction of sp³-hybridized carbons (Fsp3) is 0.320. The van der Waals surface area contributed by atoms with Crippen molar-refractivity contribution in [2.24, 2.45) is 0 Å². The Hall–Kier alpha value is -3.81. The van der Waals surface area contributed by atoms with Gasteiger partial charge in [0.25, 0.3) is 11.8 Å². The molecule has 174 valence electrons. The molecule has 0 aromatic heterocycles. The Bertz CT molecular complexity index is 1050. The third kappa shape index (κ3) is 5.71. The smallest absolute Gasteiger partial charge is 0.335 e. The first-order valence-electron chi connectivity index (χ1n) is 11.0. The van der Waals surface area contributed by atoms with Gasteiger partial charge in [-0.25, -0.2) is 9.69 Å². The number of nitrogens with zero attached hydrogens (tertiary/aromatic N) is 1. The average molecular weight is 453 g/mol. The summed E-state index contributed by atoms with van der Waals surface area (Å²) in [4.78, 5) is 38.9. The highest BCUT2D eigenvalue weighted by Gasteiger charge is 2.36. The van der Waals surface area contributed by atoms with E-state index in [-0.39, 0.29) is 5.57 Å². The molecule has 1 aliphatic rings. The normalized spacial score (nSPS) is 14.9. The van der Waals surface area contributed by atoms with Crippen molar-refractivity contribution >= 4 is 29.6 Å². The maximum absolute atomic E-state index is 13.1. The lowest BCUT2D eigenvalue weighted by molar-refractivity contribution is -0.122. The molecule has 1 heterocycles. The molecule has 0 spiro atoms. The van der Waals surface area contributed by atoms with Crippen LogP contribution < -0.4 is 24.4 Å². The lowest BCUT2D eigenvalue weighted by atomic mass is 10.1. The number of benzene rings is 2. The van der Waals surface area contributed by atoms with E-state index < -0.39 is 17.8 Å². The molecule has 1 N–H and O–H groups in total. The first-order chi connectivity index (χ1) is 16.0. The number of urea groups is 1. The van der Waals surface area contributed by atoms with Crippen molar-refractivity contribution in [2.75, 3.05) is 24.7 Å². The van der Waals surface area contributed by atoms with E-state index in [0.717, 1.165) is 17.7 Å². The quantitative estimate of drug-likeness (QED) is 0.328. The van der Waals surface area contributed by atoms with Gasteiger partial charge in [0.05, 0.1) is 25.5 Å². The first kappa shape index (κ1) is 23.8. The number of hydrogen-bond donors (Lipinski definition) is 1. The number of nitrogens with one attached hydrogen (secondary N) is 1. The summed E-state index contributed by atoms with van der Waals surface area (Å²) >= 11 is 0. The van der Waals surface area contributed by atoms with E-state index in [0.29, 0.717) is 48.3 Å². The Morgan fingerprint density at radius 3 is 2.27 bits per heavy atom. The summed E-state index contributed by atoms with van der Waals surface area (Å²) in [5.41, 5.74) is 0.736. The van der Waals surface area contributed by atoms with Crippen molar-refractivity contribution in [3.05, 3.63) is 53.6 Å². The SMILES string of the molecule is CCCCOc1ccc(C=C2C(=O)NC(=O)N(c3ccc(OCC)cc3)C2=O)cc1OCC. The van der Waals surface area contributed by atoms with Crippen LogP contribution in [-0.2, 0) is 9.59 Å². The summed E-state index contributed by atoms with van der Waals surface area (Å²) in [7, 11) is 0. The minimum atomic E-state index is -0.805. The van der Waals surface area contributed by atoms with Gasteiger partial charge < -0.3 is 14.2 Å². The van der Waals surface area contributed by atoms with Crippen LogP contribution in [0.25, 0.3) is 6.08 Å². The predicted molar refractivity (Wildman–Crippen MR) is 125 cm³/mol. The monoisotopic (exact) mass is 452 g/mol. The van der Waals surface area contributed by atoms with Crippen molar-refractivity contribution in [2.45, 2.75) is 33.6 Å². The predicted octanol–water partition coefficient (Wildman–Crippen LogP) is 4.33. The van der Waals surface area contributed by atoms with Gasteiger partial charge in [0.15, 0.2) is 11.5 Å². The molecule has 33 heavy (non-hydrogen) atoms. The Morgan fingerprint density at radius 1 is 0.879 bits per heavy atom. The summed E-state index contributed by atoms with van der Waals surface area (Å²) in [6.07, 6.45) is 3.36. The van der Waals surface area contributed by atoms with Crippen LogP contribution in [0.5, 0.6) is 17.2 Å². The number of imide groups is 2. The number of amides is 4. The molecule has 0 bridgehead atoms. The summed E-state index contributed by atoms with van der Waals surface area (Å²) in [5.74, 6) is 0.259. The molecule has 0 atom stereocenters. The van der Waals surface area contributed by atoms with E-state index >= 15 is 0 Å². The van der Waals surface area contributed by atoms with Crippen molar-refractivity contribution < 1.29 is 28.6 Å². The van der Waals surface area contributed by atoms with Crippen LogP contribution in [0, 0.1) is 0 Å². The molecule has 1 aliphatic heterocycles. The Balaban J connectivity index is 1.89. The molecular weight excluding hydrogens is 424 g/mol. The van der Waals surface area contributed by atoms with Crippen LogP contribution in [0.2, 0.25) is 0 Å². The van der Waals surface area contributed by atoms with Crippen LogP contribution in [0.1, 0.15) is 39.2 Å². The van der Waals surface area contributed by atoms with Gasteiger partial charge in [0.2, 0.25) is 0 Å². The van der Waals surface area contributed by atoms with Crippen LogP contribution in [0.3, 0.4) is 0 Å². The van der Waals surface area contributed by atoms with E-state index in [4.69, 9.17) is 14.2 Å². The molecule has 4 amide bonds. The summed E-state index contributed by atoms with van der Waals surface area (Å²) in [5, 5.41) is 2.23. The van der Waals surface area contributed by atoms with E-state index in [2.05, 4.69) is 12.2 Å². The molecular formula is C25H28N2O6. The standard InChI is InChI=1S/C25H28N2O6/c1-4-7-14-33-21-13-8-17(16-22(21)32-6-3)15-20-23(28)26-25(30)27(24(20)29)18-9-11-19(12-10-18)31-5-2/h8-13,15-16H,4-7,14H2,1-3H3,(H,26,28,30). The molecule has 0 unspecified atom stereocenters. The van der Waals surface area contributed by atoms with E-state index in [1.54, 1.807) is 42.5 Å². The van der Waals surface area contributed by atoms with Crippen molar-refractivity contribution in [3.8, 4) is 17.2 Å². The van der Waals surface area contributed by atoms with Gasteiger partial charge in [-0.15, -0.1) is 0 Å². The third-order valence-corrected chi connectivity index (χ3v) is 4.84. The third-order valence-electron chi connectivity index (χ3n) is 4.84. The summed E-state index contributed by atoms with van der Waals surface area (Å²) in [6.45, 7) is 7.30. The number of ether oxygens (including phenoxy) is 3. The zero-order valence-corrected chi connectivity index (χ0v) is 19.1. The second kappa shape index (κ2) is 11.2. The van der Waals surface area contributed by atoms with Gasteiger partial charge in [-0.3, -0.25) is 14.9 Å². The lowest BCUT2D eigenvalue weighted by Gasteiger charge is -2.26. The molecule has 8 nitrogen and oxygen atoms in total. The Labute approximate surface area is 193 Å². The zero-order valence-electron chi connectivity index (χ0n) is 19.1. The molecule has 0 radical (unpaired) electrons. The Morgan fingerprint density at radius 2 is 1.61 bits per heavy atom.